The van der Waals surface area contributed by atoms with E-state index in [4.69, 9.17) is 4.98 Å². The lowest BCUT2D eigenvalue weighted by Crippen LogP contribution is -2.48. The number of nitrogens with zero attached hydrogens (tertiary/aromatic N) is 5. The van der Waals surface area contributed by atoms with Gasteiger partial charge in [-0.1, -0.05) is 26.0 Å². The van der Waals surface area contributed by atoms with E-state index >= 15 is 0 Å². The maximum atomic E-state index is 13.5. The number of aromatic nitrogens is 3. The average Bonchev–Trinajstić information content (AvgIpc) is 3.07. The molecular weight excluding hydrogens is 447 g/mol. The largest absolute Gasteiger partial charge is 0.573 e. The second kappa shape index (κ2) is 9.25. The third-order valence-electron chi connectivity index (χ3n) is 6.03. The lowest BCUT2D eigenvalue weighted by Gasteiger charge is -2.35. The molecule has 182 valence electrons. The topological polar surface area (TPSA) is 63.5 Å². The van der Waals surface area contributed by atoms with E-state index in [9.17, 15) is 18.0 Å². The van der Waals surface area contributed by atoms with Crippen LogP contribution >= 0.6 is 0 Å². The van der Waals surface area contributed by atoms with Gasteiger partial charge in [0.15, 0.2) is 5.65 Å². The van der Waals surface area contributed by atoms with Gasteiger partial charge in [0.25, 0.3) is 5.91 Å². The smallest absolute Gasteiger partial charge is 0.406 e. The minimum atomic E-state index is -4.70. The Balaban J connectivity index is 1.44. The van der Waals surface area contributed by atoms with Crippen LogP contribution in [0.15, 0.2) is 30.3 Å². The number of carbonyl (C=O) groups is 1. The number of hydrogen-bond acceptors (Lipinski definition) is 5. The molecule has 0 atom stereocenters. The number of pyridine rings is 1. The van der Waals surface area contributed by atoms with Crippen LogP contribution in [-0.4, -0.2) is 63.0 Å². The molecule has 1 fully saturated rings. The van der Waals surface area contributed by atoms with Crippen molar-refractivity contribution in [1.82, 2.24) is 24.6 Å². The molecule has 10 heteroatoms. The molecule has 4 rings (SSSR count). The van der Waals surface area contributed by atoms with Crippen LogP contribution in [-0.2, 0) is 13.6 Å². The summed E-state index contributed by atoms with van der Waals surface area (Å²) in [6.07, 6.45) is -4.70. The number of fused-ring (bicyclic) bond motifs is 1. The van der Waals surface area contributed by atoms with E-state index in [0.717, 1.165) is 22.3 Å². The van der Waals surface area contributed by atoms with E-state index in [1.807, 2.05) is 38.8 Å². The third-order valence-corrected chi connectivity index (χ3v) is 6.03. The zero-order chi connectivity index (χ0) is 24.6. The van der Waals surface area contributed by atoms with Gasteiger partial charge in [-0.05, 0) is 36.6 Å². The number of rotatable bonds is 5. The van der Waals surface area contributed by atoms with Gasteiger partial charge >= 0.3 is 6.36 Å². The molecule has 1 aromatic carbocycles. The average molecular weight is 476 g/mol. The molecule has 1 aliphatic heterocycles. The highest BCUT2D eigenvalue weighted by Crippen LogP contribution is 2.27. The summed E-state index contributed by atoms with van der Waals surface area (Å²) in [4.78, 5) is 22.3. The Morgan fingerprint density at radius 1 is 1.12 bits per heavy atom. The first kappa shape index (κ1) is 24.0. The molecule has 1 saturated heterocycles. The zero-order valence-corrected chi connectivity index (χ0v) is 19.7. The molecule has 1 aliphatic rings. The second-order valence-electron chi connectivity index (χ2n) is 8.92. The molecule has 1 amide bonds. The Kier molecular flexibility index (Phi) is 6.53. The monoisotopic (exact) mass is 475 g/mol. The summed E-state index contributed by atoms with van der Waals surface area (Å²) in [5.41, 5.74) is 3.87. The molecule has 0 radical (unpaired) electrons. The minimum Gasteiger partial charge on any atom is -0.406 e. The molecule has 34 heavy (non-hydrogen) atoms. The first-order valence-corrected chi connectivity index (χ1v) is 11.2. The Labute approximate surface area is 196 Å². The molecule has 0 N–H and O–H groups in total. The maximum Gasteiger partial charge on any atom is 0.573 e. The standard InChI is InChI=1S/C24H28F3N5O2/c1-15(2)20-13-19(21-16(3)29-30(4)22(21)28-20)23(33)32-11-9-31(10-12-32)14-17-5-7-18(8-6-17)34-24(25,26)27/h5-8,13,15H,9-12,14H2,1-4H3. The fourth-order valence-corrected chi connectivity index (χ4v) is 4.26. The van der Waals surface area contributed by atoms with Gasteiger partial charge in [0, 0.05) is 45.5 Å². The molecule has 0 saturated carbocycles. The molecule has 3 aromatic rings. The van der Waals surface area contributed by atoms with Crippen LogP contribution in [0, 0.1) is 6.92 Å². The number of ether oxygens (including phenoxy) is 1. The summed E-state index contributed by atoms with van der Waals surface area (Å²) in [5, 5.41) is 5.26. The highest BCUT2D eigenvalue weighted by Gasteiger charge is 2.31. The van der Waals surface area contributed by atoms with Crippen molar-refractivity contribution in [3.8, 4) is 5.75 Å². The Hall–Kier alpha value is -3.14. The molecule has 0 spiro atoms. The quantitative estimate of drug-likeness (QED) is 0.552. The van der Waals surface area contributed by atoms with Crippen molar-refractivity contribution in [2.24, 2.45) is 7.05 Å². The maximum absolute atomic E-state index is 13.5. The number of piperazine rings is 1. The number of amides is 1. The highest BCUT2D eigenvalue weighted by atomic mass is 19.4. The first-order chi connectivity index (χ1) is 16.0. The van der Waals surface area contributed by atoms with Crippen molar-refractivity contribution in [2.45, 2.75) is 39.6 Å². The van der Waals surface area contributed by atoms with Crippen LogP contribution in [0.5, 0.6) is 5.75 Å². The summed E-state index contributed by atoms with van der Waals surface area (Å²) >= 11 is 0. The molecule has 0 bridgehead atoms. The first-order valence-electron chi connectivity index (χ1n) is 11.2. The molecular formula is C24H28F3N5O2. The molecule has 2 aromatic heterocycles. The Morgan fingerprint density at radius 2 is 1.76 bits per heavy atom. The minimum absolute atomic E-state index is 0.0290. The van der Waals surface area contributed by atoms with Crippen molar-refractivity contribution in [3.63, 3.8) is 0 Å². The van der Waals surface area contributed by atoms with Crippen molar-refractivity contribution in [1.29, 1.82) is 0 Å². The van der Waals surface area contributed by atoms with Gasteiger partial charge < -0.3 is 9.64 Å². The SMILES string of the molecule is Cc1nn(C)c2nc(C(C)C)cc(C(=O)N3CCN(Cc4ccc(OC(F)(F)F)cc4)CC3)c12. The lowest BCUT2D eigenvalue weighted by molar-refractivity contribution is -0.274. The van der Waals surface area contributed by atoms with Crippen LogP contribution in [0.4, 0.5) is 13.2 Å². The van der Waals surface area contributed by atoms with Crippen molar-refractivity contribution < 1.29 is 22.7 Å². The van der Waals surface area contributed by atoms with E-state index in [-0.39, 0.29) is 17.6 Å². The van der Waals surface area contributed by atoms with Crippen molar-refractivity contribution in [2.75, 3.05) is 26.2 Å². The zero-order valence-electron chi connectivity index (χ0n) is 19.7. The van der Waals surface area contributed by atoms with E-state index in [0.29, 0.717) is 43.9 Å². The lowest BCUT2D eigenvalue weighted by atomic mass is 10.0. The van der Waals surface area contributed by atoms with E-state index in [2.05, 4.69) is 14.7 Å². The van der Waals surface area contributed by atoms with Crippen LogP contribution in [0.1, 0.15) is 47.1 Å². The van der Waals surface area contributed by atoms with Gasteiger partial charge in [-0.15, -0.1) is 13.2 Å². The van der Waals surface area contributed by atoms with Crippen LogP contribution < -0.4 is 4.74 Å². The summed E-state index contributed by atoms with van der Waals surface area (Å²) in [6, 6.07) is 7.79. The third kappa shape index (κ3) is 5.16. The number of aryl methyl sites for hydroxylation is 2. The van der Waals surface area contributed by atoms with Gasteiger partial charge in [0.1, 0.15) is 5.75 Å². The van der Waals surface area contributed by atoms with Crippen LogP contribution in [0.2, 0.25) is 0 Å². The molecule has 0 aliphatic carbocycles. The number of carbonyl (C=O) groups excluding carboxylic acids is 1. The number of alkyl halides is 3. The van der Waals surface area contributed by atoms with Gasteiger partial charge in [-0.25, -0.2) is 4.98 Å². The van der Waals surface area contributed by atoms with Crippen LogP contribution in [0.25, 0.3) is 11.0 Å². The van der Waals surface area contributed by atoms with Gasteiger partial charge in [0.2, 0.25) is 0 Å². The predicted octanol–water partition coefficient (Wildman–Crippen LogP) is 4.26. The predicted molar refractivity (Wildman–Crippen MR) is 122 cm³/mol. The Morgan fingerprint density at radius 3 is 2.35 bits per heavy atom. The number of halogens is 3. The summed E-state index contributed by atoms with van der Waals surface area (Å²) < 4.78 is 42.7. The normalized spacial score (nSPS) is 15.4. The second-order valence-corrected chi connectivity index (χ2v) is 8.92. The summed E-state index contributed by atoms with van der Waals surface area (Å²) in [6.45, 7) is 9.04. The van der Waals surface area contributed by atoms with E-state index in [1.54, 1.807) is 16.8 Å². The van der Waals surface area contributed by atoms with Gasteiger partial charge in [0.05, 0.1) is 16.6 Å². The Bertz CT molecular complexity index is 1180. The summed E-state index contributed by atoms with van der Waals surface area (Å²) in [7, 11) is 1.83. The molecule has 3 heterocycles. The number of hydrogen-bond donors (Lipinski definition) is 0. The molecule has 0 unspecified atom stereocenters. The van der Waals surface area contributed by atoms with E-state index < -0.39 is 6.36 Å². The van der Waals surface area contributed by atoms with E-state index in [1.165, 1.54) is 12.1 Å². The number of benzene rings is 1. The fourth-order valence-electron chi connectivity index (χ4n) is 4.26. The van der Waals surface area contributed by atoms with Gasteiger partial charge in [-0.3, -0.25) is 14.4 Å². The van der Waals surface area contributed by atoms with Gasteiger partial charge in [-0.2, -0.15) is 5.10 Å². The summed E-state index contributed by atoms with van der Waals surface area (Å²) in [5.74, 6) is -0.0866. The molecule has 7 nitrogen and oxygen atoms in total. The van der Waals surface area contributed by atoms with Crippen LogP contribution in [0.3, 0.4) is 0 Å². The highest BCUT2D eigenvalue weighted by molar-refractivity contribution is 6.06. The van der Waals surface area contributed by atoms with Crippen molar-refractivity contribution in [3.05, 3.63) is 52.8 Å². The van der Waals surface area contributed by atoms with Crippen molar-refractivity contribution >= 4 is 16.9 Å². The fraction of sp³-hybridized carbons (Fsp3) is 0.458.